The SMILES string of the molecule is O=Cc1ccccc1-c1cccn1-c1ccc(Cl)cc1. The number of hydrogen-bond donors (Lipinski definition) is 0. The summed E-state index contributed by atoms with van der Waals surface area (Å²) in [6.07, 6.45) is 2.86. The lowest BCUT2D eigenvalue weighted by Crippen LogP contribution is -1.97. The predicted octanol–water partition coefficient (Wildman–Crippen LogP) is 4.61. The minimum Gasteiger partial charge on any atom is -0.317 e. The summed E-state index contributed by atoms with van der Waals surface area (Å²) in [5.41, 5.74) is 3.59. The van der Waals surface area contributed by atoms with Gasteiger partial charge in [-0.25, -0.2) is 0 Å². The molecule has 1 heterocycles. The highest BCUT2D eigenvalue weighted by molar-refractivity contribution is 6.30. The Kier molecular flexibility index (Phi) is 3.40. The van der Waals surface area contributed by atoms with Crippen LogP contribution in [0.25, 0.3) is 16.9 Å². The van der Waals surface area contributed by atoms with Crippen LogP contribution in [0.2, 0.25) is 5.02 Å². The zero-order valence-corrected chi connectivity index (χ0v) is 11.4. The summed E-state index contributed by atoms with van der Waals surface area (Å²) >= 11 is 5.92. The van der Waals surface area contributed by atoms with Crippen molar-refractivity contribution in [2.45, 2.75) is 0 Å². The molecule has 3 heteroatoms. The third-order valence-electron chi connectivity index (χ3n) is 3.22. The molecule has 20 heavy (non-hydrogen) atoms. The molecular weight excluding hydrogens is 270 g/mol. The van der Waals surface area contributed by atoms with Crippen molar-refractivity contribution in [2.75, 3.05) is 0 Å². The van der Waals surface area contributed by atoms with Crippen LogP contribution < -0.4 is 0 Å². The molecule has 0 aliphatic heterocycles. The van der Waals surface area contributed by atoms with Gasteiger partial charge in [0, 0.05) is 28.0 Å². The Hall–Kier alpha value is -2.32. The molecule has 0 atom stereocenters. The normalized spacial score (nSPS) is 10.4. The van der Waals surface area contributed by atoms with E-state index in [4.69, 9.17) is 11.6 Å². The summed E-state index contributed by atoms with van der Waals surface area (Å²) < 4.78 is 2.04. The number of carbonyl (C=O) groups is 1. The fourth-order valence-corrected chi connectivity index (χ4v) is 2.39. The third-order valence-corrected chi connectivity index (χ3v) is 3.47. The van der Waals surface area contributed by atoms with E-state index in [1.165, 1.54) is 0 Å². The van der Waals surface area contributed by atoms with Gasteiger partial charge in [0.1, 0.15) is 0 Å². The Morgan fingerprint density at radius 3 is 2.40 bits per heavy atom. The number of benzene rings is 2. The minimum atomic E-state index is 0.682. The van der Waals surface area contributed by atoms with E-state index in [1.807, 2.05) is 71.4 Å². The topological polar surface area (TPSA) is 22.0 Å². The van der Waals surface area contributed by atoms with Crippen LogP contribution in [-0.4, -0.2) is 10.9 Å². The van der Waals surface area contributed by atoms with Crippen LogP contribution in [0.5, 0.6) is 0 Å². The van der Waals surface area contributed by atoms with Crippen molar-refractivity contribution in [3.8, 4) is 16.9 Å². The Bertz CT molecular complexity index is 744. The highest BCUT2D eigenvalue weighted by Gasteiger charge is 2.09. The average molecular weight is 282 g/mol. The number of aromatic nitrogens is 1. The first-order valence-corrected chi connectivity index (χ1v) is 6.65. The smallest absolute Gasteiger partial charge is 0.150 e. The molecule has 0 radical (unpaired) electrons. The van der Waals surface area contributed by atoms with E-state index in [0.717, 1.165) is 23.2 Å². The van der Waals surface area contributed by atoms with Gasteiger partial charge in [0.2, 0.25) is 0 Å². The van der Waals surface area contributed by atoms with Gasteiger partial charge in [-0.05, 0) is 36.4 Å². The van der Waals surface area contributed by atoms with Crippen LogP contribution >= 0.6 is 11.6 Å². The lowest BCUT2D eigenvalue weighted by molar-refractivity contribution is 0.112. The van der Waals surface area contributed by atoms with Gasteiger partial charge in [0.25, 0.3) is 0 Å². The van der Waals surface area contributed by atoms with Crippen molar-refractivity contribution in [1.82, 2.24) is 4.57 Å². The largest absolute Gasteiger partial charge is 0.317 e. The first-order valence-electron chi connectivity index (χ1n) is 6.27. The van der Waals surface area contributed by atoms with Crippen molar-refractivity contribution in [1.29, 1.82) is 0 Å². The second kappa shape index (κ2) is 5.35. The molecule has 0 bridgehead atoms. The lowest BCUT2D eigenvalue weighted by atomic mass is 10.1. The van der Waals surface area contributed by atoms with Crippen molar-refractivity contribution in [3.05, 3.63) is 77.4 Å². The van der Waals surface area contributed by atoms with Crippen molar-refractivity contribution < 1.29 is 4.79 Å². The minimum absolute atomic E-state index is 0.682. The van der Waals surface area contributed by atoms with E-state index in [2.05, 4.69) is 0 Å². The summed E-state index contributed by atoms with van der Waals surface area (Å²) in [6, 6.07) is 19.1. The molecule has 0 aliphatic rings. The Morgan fingerprint density at radius 1 is 0.900 bits per heavy atom. The highest BCUT2D eigenvalue weighted by atomic mass is 35.5. The molecule has 98 valence electrons. The summed E-state index contributed by atoms with van der Waals surface area (Å²) in [6.45, 7) is 0. The van der Waals surface area contributed by atoms with E-state index in [0.29, 0.717) is 10.6 Å². The van der Waals surface area contributed by atoms with Gasteiger partial charge >= 0.3 is 0 Å². The standard InChI is InChI=1S/C17H12ClNO/c18-14-7-9-15(10-8-14)19-11-3-6-17(19)16-5-2-1-4-13(16)12-20/h1-12H. The van der Waals surface area contributed by atoms with Crippen molar-refractivity contribution in [3.63, 3.8) is 0 Å². The molecule has 3 rings (SSSR count). The third kappa shape index (κ3) is 2.26. The molecule has 1 aromatic heterocycles. The fourth-order valence-electron chi connectivity index (χ4n) is 2.26. The molecule has 2 nitrogen and oxygen atoms in total. The van der Waals surface area contributed by atoms with Crippen LogP contribution in [-0.2, 0) is 0 Å². The molecule has 0 unspecified atom stereocenters. The first kappa shape index (κ1) is 12.7. The molecule has 0 aliphatic carbocycles. The van der Waals surface area contributed by atoms with E-state index in [1.54, 1.807) is 0 Å². The number of carbonyl (C=O) groups excluding carboxylic acids is 1. The second-order valence-corrected chi connectivity index (χ2v) is 4.88. The van der Waals surface area contributed by atoms with E-state index in [9.17, 15) is 4.79 Å². The van der Waals surface area contributed by atoms with Gasteiger partial charge < -0.3 is 4.57 Å². The number of nitrogens with zero attached hydrogens (tertiary/aromatic N) is 1. The number of hydrogen-bond acceptors (Lipinski definition) is 1. The summed E-state index contributed by atoms with van der Waals surface area (Å²) in [7, 11) is 0. The quantitative estimate of drug-likeness (QED) is 0.643. The fraction of sp³-hybridized carbons (Fsp3) is 0. The molecule has 0 spiro atoms. The monoisotopic (exact) mass is 281 g/mol. The molecule has 0 N–H and O–H groups in total. The van der Waals surface area contributed by atoms with Crippen LogP contribution in [0.1, 0.15) is 10.4 Å². The Labute approximate surface area is 122 Å². The van der Waals surface area contributed by atoms with Crippen LogP contribution in [0.15, 0.2) is 66.9 Å². The second-order valence-electron chi connectivity index (χ2n) is 4.44. The highest BCUT2D eigenvalue weighted by Crippen LogP contribution is 2.26. The van der Waals surface area contributed by atoms with E-state index in [-0.39, 0.29) is 0 Å². The van der Waals surface area contributed by atoms with E-state index >= 15 is 0 Å². The average Bonchev–Trinajstić information content (AvgIpc) is 2.97. The van der Waals surface area contributed by atoms with E-state index < -0.39 is 0 Å². The molecule has 3 aromatic rings. The molecule has 0 saturated carbocycles. The summed E-state index contributed by atoms with van der Waals surface area (Å²) in [5.74, 6) is 0. The van der Waals surface area contributed by atoms with Gasteiger partial charge in [0.15, 0.2) is 6.29 Å². The van der Waals surface area contributed by atoms with Gasteiger partial charge in [-0.2, -0.15) is 0 Å². The lowest BCUT2D eigenvalue weighted by Gasteiger charge is -2.11. The maximum atomic E-state index is 11.2. The van der Waals surface area contributed by atoms with Gasteiger partial charge in [-0.1, -0.05) is 35.9 Å². The molecular formula is C17H12ClNO. The Balaban J connectivity index is 2.15. The number of aldehydes is 1. The van der Waals surface area contributed by atoms with Gasteiger partial charge in [-0.15, -0.1) is 0 Å². The summed E-state index contributed by atoms with van der Waals surface area (Å²) in [5, 5.41) is 0.704. The maximum absolute atomic E-state index is 11.2. The molecule has 0 amide bonds. The predicted molar refractivity (Wildman–Crippen MR) is 81.6 cm³/mol. The molecule has 2 aromatic carbocycles. The van der Waals surface area contributed by atoms with Crippen LogP contribution in [0.3, 0.4) is 0 Å². The zero-order chi connectivity index (χ0) is 13.9. The zero-order valence-electron chi connectivity index (χ0n) is 10.7. The molecule has 0 saturated heterocycles. The Morgan fingerprint density at radius 2 is 1.65 bits per heavy atom. The summed E-state index contributed by atoms with van der Waals surface area (Å²) in [4.78, 5) is 11.2. The van der Waals surface area contributed by atoms with Crippen molar-refractivity contribution >= 4 is 17.9 Å². The van der Waals surface area contributed by atoms with Crippen LogP contribution in [0.4, 0.5) is 0 Å². The van der Waals surface area contributed by atoms with Crippen molar-refractivity contribution in [2.24, 2.45) is 0 Å². The number of halogens is 1. The van der Waals surface area contributed by atoms with Crippen LogP contribution in [0, 0.1) is 0 Å². The van der Waals surface area contributed by atoms with Gasteiger partial charge in [-0.3, -0.25) is 4.79 Å². The molecule has 0 fully saturated rings. The number of rotatable bonds is 3. The first-order chi connectivity index (χ1) is 9.79. The maximum Gasteiger partial charge on any atom is 0.150 e. The van der Waals surface area contributed by atoms with Gasteiger partial charge in [0.05, 0.1) is 5.69 Å².